The van der Waals surface area contributed by atoms with E-state index in [4.69, 9.17) is 4.74 Å². The third-order valence-electron chi connectivity index (χ3n) is 3.45. The molecule has 0 heterocycles. The van der Waals surface area contributed by atoms with Crippen LogP contribution < -0.4 is 5.32 Å². The quantitative estimate of drug-likeness (QED) is 0.778. The second kappa shape index (κ2) is 8.28. The minimum atomic E-state index is -0.166. The maximum Gasteiger partial charge on any atom is 0.123 e. The molecule has 1 aromatic rings. The van der Waals surface area contributed by atoms with Gasteiger partial charge in [0.2, 0.25) is 0 Å². The van der Waals surface area contributed by atoms with Gasteiger partial charge < -0.3 is 10.1 Å². The minimum absolute atomic E-state index is 0.166. The van der Waals surface area contributed by atoms with Crippen LogP contribution in [-0.4, -0.2) is 25.3 Å². The molecule has 0 aliphatic carbocycles. The van der Waals surface area contributed by atoms with Crippen LogP contribution in [0, 0.1) is 12.7 Å². The van der Waals surface area contributed by atoms with E-state index in [0.717, 1.165) is 30.5 Å². The average molecular weight is 267 g/mol. The number of likely N-dealkylation sites (N-methyl/N-ethyl adjacent to an activating group) is 1. The van der Waals surface area contributed by atoms with Crippen LogP contribution in [0.4, 0.5) is 4.39 Å². The van der Waals surface area contributed by atoms with Gasteiger partial charge in [-0.1, -0.05) is 19.9 Å². The number of rotatable bonds is 8. The summed E-state index contributed by atoms with van der Waals surface area (Å²) in [6.07, 6.45) is 1.93. The molecule has 0 aliphatic rings. The predicted octanol–water partition coefficient (Wildman–Crippen LogP) is 3.47. The highest BCUT2D eigenvalue weighted by molar-refractivity contribution is 5.27. The zero-order valence-corrected chi connectivity index (χ0v) is 12.5. The van der Waals surface area contributed by atoms with Gasteiger partial charge in [-0.05, 0) is 56.5 Å². The van der Waals surface area contributed by atoms with E-state index < -0.39 is 0 Å². The van der Waals surface area contributed by atoms with Gasteiger partial charge in [-0.3, -0.25) is 0 Å². The lowest BCUT2D eigenvalue weighted by atomic mass is 9.96. The first-order chi connectivity index (χ1) is 9.12. The van der Waals surface area contributed by atoms with E-state index in [1.807, 2.05) is 19.9 Å². The van der Waals surface area contributed by atoms with Crippen LogP contribution in [0.15, 0.2) is 18.2 Å². The van der Waals surface area contributed by atoms with Gasteiger partial charge in [0.25, 0.3) is 0 Å². The molecule has 0 spiro atoms. The fourth-order valence-electron chi connectivity index (χ4n) is 2.43. The Labute approximate surface area is 116 Å². The Morgan fingerprint density at radius 3 is 2.58 bits per heavy atom. The zero-order chi connectivity index (χ0) is 14.3. The van der Waals surface area contributed by atoms with Crippen molar-refractivity contribution in [1.29, 1.82) is 0 Å². The average Bonchev–Trinajstić information content (AvgIpc) is 2.39. The molecule has 0 saturated heterocycles. The summed E-state index contributed by atoms with van der Waals surface area (Å²) in [5.74, 6) is -0.166. The van der Waals surface area contributed by atoms with Crippen LogP contribution in [0.2, 0.25) is 0 Å². The molecule has 19 heavy (non-hydrogen) atoms. The Morgan fingerprint density at radius 1 is 1.26 bits per heavy atom. The molecule has 1 N–H and O–H groups in total. The molecule has 0 amide bonds. The highest BCUT2D eigenvalue weighted by Gasteiger charge is 2.20. The van der Waals surface area contributed by atoms with Crippen LogP contribution in [0.3, 0.4) is 0 Å². The van der Waals surface area contributed by atoms with Gasteiger partial charge in [0.05, 0.1) is 6.10 Å². The number of nitrogens with one attached hydrogen (secondary N) is 1. The summed E-state index contributed by atoms with van der Waals surface area (Å²) in [6.45, 7) is 9.86. The normalized spacial score (nSPS) is 14.4. The van der Waals surface area contributed by atoms with E-state index in [9.17, 15) is 4.39 Å². The van der Waals surface area contributed by atoms with Gasteiger partial charge >= 0.3 is 0 Å². The van der Waals surface area contributed by atoms with Crippen molar-refractivity contribution >= 4 is 0 Å². The van der Waals surface area contributed by atoms with E-state index in [-0.39, 0.29) is 18.0 Å². The van der Waals surface area contributed by atoms with Crippen LogP contribution in [-0.2, 0) is 11.2 Å². The Balaban J connectivity index is 2.84. The Morgan fingerprint density at radius 2 is 2.00 bits per heavy atom. The van der Waals surface area contributed by atoms with E-state index in [1.165, 1.54) is 6.07 Å². The first kappa shape index (κ1) is 16.1. The third kappa shape index (κ3) is 4.92. The van der Waals surface area contributed by atoms with Crippen LogP contribution >= 0.6 is 0 Å². The topological polar surface area (TPSA) is 21.3 Å². The van der Waals surface area contributed by atoms with Gasteiger partial charge in [-0.2, -0.15) is 0 Å². The highest BCUT2D eigenvalue weighted by Crippen LogP contribution is 2.16. The number of halogens is 1. The van der Waals surface area contributed by atoms with Crippen LogP contribution in [0.5, 0.6) is 0 Å². The highest BCUT2D eigenvalue weighted by atomic mass is 19.1. The minimum Gasteiger partial charge on any atom is -0.377 e. The summed E-state index contributed by atoms with van der Waals surface area (Å²) < 4.78 is 19.2. The van der Waals surface area contributed by atoms with Gasteiger partial charge in [0.15, 0.2) is 0 Å². The largest absolute Gasteiger partial charge is 0.377 e. The smallest absolute Gasteiger partial charge is 0.123 e. The lowest BCUT2D eigenvalue weighted by Gasteiger charge is -2.27. The van der Waals surface area contributed by atoms with Crippen molar-refractivity contribution in [1.82, 2.24) is 5.32 Å². The first-order valence-electron chi connectivity index (χ1n) is 7.22. The van der Waals surface area contributed by atoms with E-state index in [0.29, 0.717) is 6.61 Å². The van der Waals surface area contributed by atoms with Gasteiger partial charge in [-0.15, -0.1) is 0 Å². The molecule has 0 radical (unpaired) electrons. The summed E-state index contributed by atoms with van der Waals surface area (Å²) in [4.78, 5) is 0. The summed E-state index contributed by atoms with van der Waals surface area (Å²) in [6, 6.07) is 5.23. The fraction of sp³-hybridized carbons (Fsp3) is 0.625. The molecule has 0 saturated carbocycles. The predicted molar refractivity (Wildman–Crippen MR) is 78.0 cm³/mol. The molecule has 0 fully saturated rings. The Bertz CT molecular complexity index is 381. The number of hydrogen-bond donors (Lipinski definition) is 1. The summed E-state index contributed by atoms with van der Waals surface area (Å²) >= 11 is 0. The molecule has 108 valence electrons. The molecule has 0 bridgehead atoms. The van der Waals surface area contributed by atoms with Crippen molar-refractivity contribution in [2.24, 2.45) is 0 Å². The number of ether oxygens (including phenoxy) is 1. The number of aryl methyl sites for hydroxylation is 1. The van der Waals surface area contributed by atoms with Crippen LogP contribution in [0.1, 0.15) is 38.3 Å². The van der Waals surface area contributed by atoms with Crippen LogP contribution in [0.25, 0.3) is 0 Å². The maximum atomic E-state index is 13.4. The molecule has 1 rings (SSSR count). The lowest BCUT2D eigenvalue weighted by Crippen LogP contribution is -2.43. The molecule has 3 heteroatoms. The standard InChI is InChI=1S/C16H26FNO/c1-5-16(19-7-3)15(18-6-2)11-13-10-14(17)9-8-12(13)4/h8-10,15-16,18H,5-7,11H2,1-4H3. The molecule has 2 nitrogen and oxygen atoms in total. The van der Waals surface area contributed by atoms with E-state index in [2.05, 4.69) is 19.2 Å². The summed E-state index contributed by atoms with van der Waals surface area (Å²) in [7, 11) is 0. The second-order valence-corrected chi connectivity index (χ2v) is 4.84. The molecular weight excluding hydrogens is 241 g/mol. The van der Waals surface area contributed by atoms with Gasteiger partial charge in [-0.25, -0.2) is 4.39 Å². The van der Waals surface area contributed by atoms with Crippen molar-refractivity contribution in [2.75, 3.05) is 13.2 Å². The zero-order valence-electron chi connectivity index (χ0n) is 12.5. The molecule has 2 unspecified atom stereocenters. The summed E-state index contributed by atoms with van der Waals surface area (Å²) in [5.41, 5.74) is 2.19. The van der Waals surface area contributed by atoms with E-state index >= 15 is 0 Å². The molecular formula is C16H26FNO. The van der Waals surface area contributed by atoms with Crippen molar-refractivity contribution in [2.45, 2.75) is 52.7 Å². The fourth-order valence-corrected chi connectivity index (χ4v) is 2.43. The second-order valence-electron chi connectivity index (χ2n) is 4.84. The maximum absolute atomic E-state index is 13.4. The molecule has 1 aromatic carbocycles. The van der Waals surface area contributed by atoms with Crippen molar-refractivity contribution in [3.63, 3.8) is 0 Å². The van der Waals surface area contributed by atoms with Crippen molar-refractivity contribution in [3.05, 3.63) is 35.1 Å². The monoisotopic (exact) mass is 267 g/mol. The Hall–Kier alpha value is -0.930. The first-order valence-corrected chi connectivity index (χ1v) is 7.22. The number of benzene rings is 1. The number of hydrogen-bond acceptors (Lipinski definition) is 2. The van der Waals surface area contributed by atoms with Gasteiger partial charge in [0, 0.05) is 12.6 Å². The third-order valence-corrected chi connectivity index (χ3v) is 3.45. The molecule has 0 aliphatic heterocycles. The van der Waals surface area contributed by atoms with E-state index in [1.54, 1.807) is 6.07 Å². The summed E-state index contributed by atoms with van der Waals surface area (Å²) in [5, 5.41) is 3.47. The van der Waals surface area contributed by atoms with Crippen molar-refractivity contribution in [3.8, 4) is 0 Å². The van der Waals surface area contributed by atoms with Gasteiger partial charge in [0.1, 0.15) is 5.82 Å². The van der Waals surface area contributed by atoms with Crippen molar-refractivity contribution < 1.29 is 9.13 Å². The molecule has 0 aromatic heterocycles. The molecule has 2 atom stereocenters. The SMILES string of the molecule is CCNC(Cc1cc(F)ccc1C)C(CC)OCC. The lowest BCUT2D eigenvalue weighted by molar-refractivity contribution is 0.0323. The Kier molecular flexibility index (Phi) is 7.03.